The summed E-state index contributed by atoms with van der Waals surface area (Å²) in [5.41, 5.74) is 5.60. The smallest absolute Gasteiger partial charge is 0.130 e. The van der Waals surface area contributed by atoms with Crippen LogP contribution in [-0.2, 0) is 14.8 Å². The molecule has 10 heavy (non-hydrogen) atoms. The number of nitrogens with two attached hydrogens (primary N) is 1. The lowest BCUT2D eigenvalue weighted by Gasteiger charge is -2.00. The van der Waals surface area contributed by atoms with E-state index in [2.05, 4.69) is 14.8 Å². The summed E-state index contributed by atoms with van der Waals surface area (Å²) in [7, 11) is 0. The van der Waals surface area contributed by atoms with Gasteiger partial charge in [-0.05, 0) is 24.0 Å². The molecule has 0 saturated carbocycles. The van der Waals surface area contributed by atoms with Crippen molar-refractivity contribution in [3.8, 4) is 0 Å². The van der Waals surface area contributed by atoms with Crippen molar-refractivity contribution in [3.63, 3.8) is 0 Å². The molecule has 2 N–H and O–H groups in total. The van der Waals surface area contributed by atoms with E-state index >= 15 is 0 Å². The molecule has 0 fully saturated rings. The highest BCUT2D eigenvalue weighted by molar-refractivity contribution is 4.85. The van der Waals surface area contributed by atoms with Gasteiger partial charge >= 0.3 is 0 Å². The molecule has 1 aliphatic rings. The second-order valence-corrected chi connectivity index (χ2v) is 2.12. The van der Waals surface area contributed by atoms with Crippen LogP contribution in [0.3, 0.4) is 0 Å². The van der Waals surface area contributed by atoms with E-state index in [1.807, 2.05) is 0 Å². The first-order valence-electron chi connectivity index (χ1n) is 3.27. The van der Waals surface area contributed by atoms with Gasteiger partial charge in [-0.15, -0.1) is 0 Å². The summed E-state index contributed by atoms with van der Waals surface area (Å²) in [5.74, 6) is 0. The fraction of sp³-hybridized carbons (Fsp3) is 0.667. The van der Waals surface area contributed by atoms with E-state index in [0.717, 1.165) is 12.8 Å². The van der Waals surface area contributed by atoms with Gasteiger partial charge in [0.15, 0.2) is 0 Å². The van der Waals surface area contributed by atoms with Crippen molar-refractivity contribution < 1.29 is 14.8 Å². The Balaban J connectivity index is 2.28. The van der Waals surface area contributed by atoms with E-state index in [9.17, 15) is 0 Å². The average molecular weight is 145 g/mol. The fourth-order valence-corrected chi connectivity index (χ4v) is 0.692. The Kier molecular flexibility index (Phi) is 3.21. The molecule has 0 aliphatic carbocycles. The van der Waals surface area contributed by atoms with E-state index in [0.29, 0.717) is 6.61 Å². The predicted octanol–water partition coefficient (Wildman–Crippen LogP) is 0.501. The molecule has 1 aliphatic heterocycles. The zero-order chi connectivity index (χ0) is 7.23. The quantitative estimate of drug-likeness (QED) is 0.504. The van der Waals surface area contributed by atoms with E-state index < -0.39 is 0 Å². The molecule has 0 spiro atoms. The van der Waals surface area contributed by atoms with Gasteiger partial charge in [-0.1, -0.05) is 0 Å². The Morgan fingerprint density at radius 2 is 2.40 bits per heavy atom. The Labute approximate surface area is 59.4 Å². The lowest BCUT2D eigenvalue weighted by atomic mass is 10.2. The van der Waals surface area contributed by atoms with Crippen LogP contribution in [0, 0.1) is 0 Å². The minimum Gasteiger partial charge on any atom is -0.324 e. The normalized spacial score (nSPS) is 27.9. The molecule has 58 valence electrons. The number of hydrogen-bond acceptors (Lipinski definition) is 4. The van der Waals surface area contributed by atoms with Gasteiger partial charge in [0, 0.05) is 6.04 Å². The van der Waals surface area contributed by atoms with Crippen molar-refractivity contribution in [2.45, 2.75) is 18.9 Å². The molecule has 0 amide bonds. The van der Waals surface area contributed by atoms with Crippen molar-refractivity contribution >= 4 is 0 Å². The molecule has 1 atom stereocenters. The van der Waals surface area contributed by atoms with Gasteiger partial charge in [0.1, 0.15) is 6.26 Å². The molecule has 0 radical (unpaired) electrons. The van der Waals surface area contributed by atoms with Crippen molar-refractivity contribution in [2.75, 3.05) is 6.61 Å². The van der Waals surface area contributed by atoms with Gasteiger partial charge in [-0.2, -0.15) is 4.89 Å². The lowest BCUT2D eigenvalue weighted by molar-refractivity contribution is -0.489. The van der Waals surface area contributed by atoms with Crippen LogP contribution in [0.15, 0.2) is 12.3 Å². The predicted molar refractivity (Wildman–Crippen MR) is 34.5 cm³/mol. The summed E-state index contributed by atoms with van der Waals surface area (Å²) in [6.07, 6.45) is 4.89. The van der Waals surface area contributed by atoms with Gasteiger partial charge in [-0.25, -0.2) is 0 Å². The molecule has 4 nitrogen and oxygen atoms in total. The molecule has 0 bridgehead atoms. The highest BCUT2D eigenvalue weighted by atomic mass is 17.5. The van der Waals surface area contributed by atoms with E-state index in [4.69, 9.17) is 5.73 Å². The second kappa shape index (κ2) is 4.27. The Morgan fingerprint density at radius 1 is 1.50 bits per heavy atom. The maximum atomic E-state index is 5.60. The maximum Gasteiger partial charge on any atom is 0.130 e. The summed E-state index contributed by atoms with van der Waals surface area (Å²) < 4.78 is 0. The van der Waals surface area contributed by atoms with Gasteiger partial charge in [-0.3, -0.25) is 0 Å². The largest absolute Gasteiger partial charge is 0.324 e. The van der Waals surface area contributed by atoms with Gasteiger partial charge in [0.25, 0.3) is 0 Å². The van der Waals surface area contributed by atoms with Crippen molar-refractivity contribution in [2.24, 2.45) is 5.73 Å². The second-order valence-electron chi connectivity index (χ2n) is 2.12. The molecular weight excluding hydrogens is 134 g/mol. The molecule has 0 aromatic rings. The summed E-state index contributed by atoms with van der Waals surface area (Å²) in [6, 6.07) is 0.0466. The fourth-order valence-electron chi connectivity index (χ4n) is 0.692. The number of rotatable bonds is 0. The molecule has 1 rings (SSSR count). The average Bonchev–Trinajstić information content (AvgIpc) is 2.02. The molecule has 4 heteroatoms. The van der Waals surface area contributed by atoms with E-state index in [1.165, 1.54) is 6.26 Å². The van der Waals surface area contributed by atoms with Crippen LogP contribution in [0.2, 0.25) is 0 Å². The van der Waals surface area contributed by atoms with Crippen molar-refractivity contribution in [1.82, 2.24) is 0 Å². The van der Waals surface area contributed by atoms with Crippen LogP contribution in [0.5, 0.6) is 0 Å². The van der Waals surface area contributed by atoms with E-state index in [1.54, 1.807) is 6.08 Å². The first kappa shape index (κ1) is 7.53. The van der Waals surface area contributed by atoms with Crippen LogP contribution in [0.25, 0.3) is 0 Å². The van der Waals surface area contributed by atoms with Gasteiger partial charge in [0.2, 0.25) is 0 Å². The maximum absolute atomic E-state index is 5.60. The molecular formula is C6H11NO3. The monoisotopic (exact) mass is 145 g/mol. The molecule has 0 aromatic heterocycles. The first-order valence-corrected chi connectivity index (χ1v) is 3.27. The highest BCUT2D eigenvalue weighted by Gasteiger charge is 2.00. The molecule has 0 saturated heterocycles. The van der Waals surface area contributed by atoms with E-state index in [-0.39, 0.29) is 6.04 Å². The first-order chi connectivity index (χ1) is 4.89. The van der Waals surface area contributed by atoms with Crippen LogP contribution < -0.4 is 5.73 Å². The van der Waals surface area contributed by atoms with Crippen LogP contribution >= 0.6 is 0 Å². The minimum absolute atomic E-state index is 0.0466. The van der Waals surface area contributed by atoms with Crippen molar-refractivity contribution in [1.29, 1.82) is 0 Å². The molecule has 0 aromatic carbocycles. The topological polar surface area (TPSA) is 53.7 Å². The summed E-state index contributed by atoms with van der Waals surface area (Å²) in [6.45, 7) is 0.523. The third-order valence-electron chi connectivity index (χ3n) is 1.23. The van der Waals surface area contributed by atoms with Gasteiger partial charge in [0.05, 0.1) is 6.61 Å². The third-order valence-corrected chi connectivity index (χ3v) is 1.23. The molecule has 1 heterocycles. The Bertz CT molecular complexity index is 116. The highest BCUT2D eigenvalue weighted by Crippen LogP contribution is 2.00. The number of hydrogen-bond donors (Lipinski definition) is 1. The third kappa shape index (κ3) is 2.82. The zero-order valence-corrected chi connectivity index (χ0v) is 5.66. The lowest BCUT2D eigenvalue weighted by Crippen LogP contribution is -2.16. The summed E-state index contributed by atoms with van der Waals surface area (Å²) in [5, 5.41) is 4.26. The minimum atomic E-state index is 0.0466. The summed E-state index contributed by atoms with van der Waals surface area (Å²) >= 11 is 0. The SMILES string of the molecule is NC1C=COOOCCC1. The Hall–Kier alpha value is -0.580. The van der Waals surface area contributed by atoms with Crippen LogP contribution in [0.1, 0.15) is 12.8 Å². The van der Waals surface area contributed by atoms with Crippen LogP contribution in [-0.4, -0.2) is 12.6 Å². The zero-order valence-electron chi connectivity index (χ0n) is 5.66. The summed E-state index contributed by atoms with van der Waals surface area (Å²) in [4.78, 5) is 9.02. The van der Waals surface area contributed by atoms with Crippen LogP contribution in [0.4, 0.5) is 0 Å². The van der Waals surface area contributed by atoms with Gasteiger partial charge < -0.3 is 10.6 Å². The molecule has 1 unspecified atom stereocenters. The standard InChI is InChI=1S/C6H11NO3/c7-6-2-1-4-8-10-9-5-3-6/h3,5-6H,1-2,4,7H2. The Morgan fingerprint density at radius 3 is 3.30 bits per heavy atom. The van der Waals surface area contributed by atoms with Crippen molar-refractivity contribution in [3.05, 3.63) is 12.3 Å².